The van der Waals surface area contributed by atoms with E-state index in [0.29, 0.717) is 0 Å². The molecule has 0 radical (unpaired) electrons. The van der Waals surface area contributed by atoms with Crippen molar-refractivity contribution in [1.29, 1.82) is 0 Å². The fourth-order valence-corrected chi connectivity index (χ4v) is 0.343. The van der Waals surface area contributed by atoms with Crippen molar-refractivity contribution >= 4 is 5.97 Å². The molecule has 0 aliphatic carbocycles. The van der Waals surface area contributed by atoms with Crippen molar-refractivity contribution < 1.29 is 9.53 Å². The van der Waals surface area contributed by atoms with Gasteiger partial charge in [0.05, 0.1) is 0 Å². The van der Waals surface area contributed by atoms with E-state index in [2.05, 4.69) is 6.58 Å². The standard InChI is InChI=1S/C7H12O2.2H3N/c1-5-6(8)9-7(2,3)4;;/h5H,1H2,2-4H3;2*1H3. The highest BCUT2D eigenvalue weighted by atomic mass is 16.6. The third kappa shape index (κ3) is 12.4. The van der Waals surface area contributed by atoms with Crippen molar-refractivity contribution in [2.45, 2.75) is 26.4 Å². The number of carbonyl (C=O) groups excluding carboxylic acids is 1. The third-order valence-corrected chi connectivity index (χ3v) is 0.573. The Bertz CT molecular complexity index is 127. The highest BCUT2D eigenvalue weighted by Crippen LogP contribution is 2.06. The number of carbonyl (C=O) groups is 1. The zero-order valence-corrected chi connectivity index (χ0v) is 7.52. The number of rotatable bonds is 1. The van der Waals surface area contributed by atoms with Crippen molar-refractivity contribution in [2.75, 3.05) is 0 Å². The fraction of sp³-hybridized carbons (Fsp3) is 0.571. The first-order valence-corrected chi connectivity index (χ1v) is 2.81. The minimum Gasteiger partial charge on any atom is -0.457 e. The summed E-state index contributed by atoms with van der Waals surface area (Å²) in [5, 5.41) is 0. The summed E-state index contributed by atoms with van der Waals surface area (Å²) in [6, 6.07) is 0. The summed E-state index contributed by atoms with van der Waals surface area (Å²) in [5.41, 5.74) is -0.398. The smallest absolute Gasteiger partial charge is 0.330 e. The van der Waals surface area contributed by atoms with Crippen molar-refractivity contribution in [3.8, 4) is 0 Å². The van der Waals surface area contributed by atoms with Gasteiger partial charge in [-0.05, 0) is 20.8 Å². The van der Waals surface area contributed by atoms with Gasteiger partial charge < -0.3 is 17.0 Å². The molecule has 0 fully saturated rings. The summed E-state index contributed by atoms with van der Waals surface area (Å²) in [4.78, 5) is 10.5. The normalized spacial score (nSPS) is 8.64. The quantitative estimate of drug-likeness (QED) is 0.454. The molecule has 0 bridgehead atoms. The van der Waals surface area contributed by atoms with Gasteiger partial charge in [0, 0.05) is 6.08 Å². The van der Waals surface area contributed by atoms with Crippen LogP contribution in [0.5, 0.6) is 0 Å². The van der Waals surface area contributed by atoms with Crippen LogP contribution in [0.4, 0.5) is 0 Å². The molecule has 6 N–H and O–H groups in total. The lowest BCUT2D eigenvalue weighted by Crippen LogP contribution is -2.22. The zero-order chi connectivity index (χ0) is 7.49. The molecule has 0 aromatic rings. The lowest BCUT2D eigenvalue weighted by molar-refractivity contribution is -0.148. The van der Waals surface area contributed by atoms with Crippen LogP contribution < -0.4 is 12.3 Å². The second kappa shape index (κ2) is 5.88. The van der Waals surface area contributed by atoms with Gasteiger partial charge in [0.25, 0.3) is 0 Å². The van der Waals surface area contributed by atoms with Crippen molar-refractivity contribution in [1.82, 2.24) is 12.3 Å². The Morgan fingerprint density at radius 3 is 1.82 bits per heavy atom. The average Bonchev–Trinajstić information content (AvgIpc) is 1.62. The maximum absolute atomic E-state index is 10.5. The van der Waals surface area contributed by atoms with E-state index in [1.54, 1.807) is 0 Å². The lowest BCUT2D eigenvalue weighted by Gasteiger charge is -2.17. The van der Waals surface area contributed by atoms with Gasteiger partial charge in [-0.1, -0.05) is 6.58 Å². The Morgan fingerprint density at radius 2 is 1.73 bits per heavy atom. The van der Waals surface area contributed by atoms with Crippen molar-refractivity contribution in [3.63, 3.8) is 0 Å². The van der Waals surface area contributed by atoms with Gasteiger partial charge in [-0.15, -0.1) is 0 Å². The molecule has 0 aromatic carbocycles. The molecule has 68 valence electrons. The number of hydrogen-bond donors (Lipinski definition) is 2. The molecular formula is C7H18N2O2. The molecule has 0 amide bonds. The Hall–Kier alpha value is -0.870. The number of hydrogen-bond acceptors (Lipinski definition) is 4. The van der Waals surface area contributed by atoms with E-state index >= 15 is 0 Å². The molecule has 0 aliphatic rings. The van der Waals surface area contributed by atoms with Gasteiger partial charge in [-0.2, -0.15) is 0 Å². The first-order valence-electron chi connectivity index (χ1n) is 2.81. The van der Waals surface area contributed by atoms with E-state index in [1.807, 2.05) is 20.8 Å². The Kier molecular flexibility index (Phi) is 8.88. The zero-order valence-electron chi connectivity index (χ0n) is 7.52. The van der Waals surface area contributed by atoms with E-state index in [1.165, 1.54) is 0 Å². The van der Waals surface area contributed by atoms with E-state index in [0.717, 1.165) is 6.08 Å². The summed E-state index contributed by atoms with van der Waals surface area (Å²) >= 11 is 0. The highest BCUT2D eigenvalue weighted by Gasteiger charge is 2.12. The molecule has 0 atom stereocenters. The fourth-order valence-electron chi connectivity index (χ4n) is 0.343. The van der Waals surface area contributed by atoms with Crippen LogP contribution in [0.2, 0.25) is 0 Å². The molecule has 0 aromatic heterocycles. The van der Waals surface area contributed by atoms with E-state index < -0.39 is 5.60 Å². The molecular weight excluding hydrogens is 144 g/mol. The Morgan fingerprint density at radius 1 is 1.36 bits per heavy atom. The highest BCUT2D eigenvalue weighted by molar-refractivity contribution is 5.81. The predicted molar refractivity (Wildman–Crippen MR) is 46.1 cm³/mol. The maximum atomic E-state index is 10.5. The van der Waals surface area contributed by atoms with Crippen LogP contribution in [-0.2, 0) is 9.53 Å². The van der Waals surface area contributed by atoms with Crippen LogP contribution in [0.25, 0.3) is 0 Å². The summed E-state index contributed by atoms with van der Waals surface area (Å²) in [7, 11) is 0. The second-order valence-corrected chi connectivity index (χ2v) is 2.74. The van der Waals surface area contributed by atoms with E-state index in [4.69, 9.17) is 4.74 Å². The maximum Gasteiger partial charge on any atom is 0.330 e. The topological polar surface area (TPSA) is 96.3 Å². The van der Waals surface area contributed by atoms with Crippen LogP contribution in [0.3, 0.4) is 0 Å². The third-order valence-electron chi connectivity index (χ3n) is 0.573. The molecule has 0 heterocycles. The number of ether oxygens (including phenoxy) is 1. The summed E-state index contributed by atoms with van der Waals surface area (Å²) in [6.07, 6.45) is 1.16. The molecule has 0 aliphatic heterocycles. The largest absolute Gasteiger partial charge is 0.457 e. The number of esters is 1. The van der Waals surface area contributed by atoms with Gasteiger partial charge in [-0.25, -0.2) is 4.79 Å². The molecule has 4 nitrogen and oxygen atoms in total. The van der Waals surface area contributed by atoms with Crippen molar-refractivity contribution in [3.05, 3.63) is 12.7 Å². The molecule has 0 rings (SSSR count). The van der Waals surface area contributed by atoms with Crippen LogP contribution in [0, 0.1) is 0 Å². The van der Waals surface area contributed by atoms with Crippen LogP contribution in [0.15, 0.2) is 12.7 Å². The second-order valence-electron chi connectivity index (χ2n) is 2.74. The average molecular weight is 162 g/mol. The SMILES string of the molecule is C=CC(=O)OC(C)(C)C.N.N. The van der Waals surface area contributed by atoms with Gasteiger partial charge in [0.2, 0.25) is 0 Å². The molecule has 0 saturated heterocycles. The summed E-state index contributed by atoms with van der Waals surface area (Å²) in [6.45, 7) is 8.71. The van der Waals surface area contributed by atoms with E-state index in [9.17, 15) is 4.79 Å². The van der Waals surface area contributed by atoms with Crippen LogP contribution in [0.1, 0.15) is 20.8 Å². The molecule has 0 saturated carbocycles. The van der Waals surface area contributed by atoms with Crippen LogP contribution in [-0.4, -0.2) is 11.6 Å². The molecule has 0 spiro atoms. The van der Waals surface area contributed by atoms with E-state index in [-0.39, 0.29) is 18.3 Å². The predicted octanol–water partition coefficient (Wildman–Crippen LogP) is 1.84. The van der Waals surface area contributed by atoms with Gasteiger partial charge >= 0.3 is 5.97 Å². The van der Waals surface area contributed by atoms with Gasteiger partial charge in [0.15, 0.2) is 0 Å². The van der Waals surface area contributed by atoms with Gasteiger partial charge in [0.1, 0.15) is 5.60 Å². The summed E-state index contributed by atoms with van der Waals surface area (Å²) in [5.74, 6) is -0.373. The molecule has 11 heavy (non-hydrogen) atoms. The van der Waals surface area contributed by atoms with Crippen molar-refractivity contribution in [2.24, 2.45) is 0 Å². The lowest BCUT2D eigenvalue weighted by atomic mass is 10.2. The van der Waals surface area contributed by atoms with Crippen LogP contribution >= 0.6 is 0 Å². The first-order chi connectivity index (χ1) is 3.95. The molecule has 0 unspecified atom stereocenters. The monoisotopic (exact) mass is 162 g/mol. The minimum absolute atomic E-state index is 0. The Balaban J connectivity index is -0.000000320. The molecule has 4 heteroatoms. The van der Waals surface area contributed by atoms with Gasteiger partial charge in [-0.3, -0.25) is 0 Å². The summed E-state index contributed by atoms with van der Waals surface area (Å²) < 4.78 is 4.83. The first kappa shape index (κ1) is 16.6. The minimum atomic E-state index is -0.398. The Labute approximate surface area is 67.8 Å².